The fraction of sp³-hybridized carbons (Fsp3) is 0.406. The van der Waals surface area contributed by atoms with E-state index in [4.69, 9.17) is 14.2 Å². The molecule has 0 aliphatic carbocycles. The van der Waals surface area contributed by atoms with Crippen LogP contribution < -0.4 is 25.0 Å². The average molecular weight is 594 g/mol. The van der Waals surface area contributed by atoms with Gasteiger partial charge < -0.3 is 24.8 Å². The summed E-state index contributed by atoms with van der Waals surface area (Å²) in [7, 11) is 3.05. The van der Waals surface area contributed by atoms with Crippen LogP contribution in [-0.4, -0.2) is 57.7 Å². The van der Waals surface area contributed by atoms with E-state index >= 15 is 0 Å². The molecule has 1 aromatic heterocycles. The zero-order valence-corrected chi connectivity index (χ0v) is 25.4. The Kier molecular flexibility index (Phi) is 11.0. The van der Waals surface area contributed by atoms with Gasteiger partial charge in [0.15, 0.2) is 11.5 Å². The third-order valence-electron chi connectivity index (χ3n) is 7.52. The molecule has 1 aliphatic rings. The number of anilines is 1. The van der Waals surface area contributed by atoms with Crippen molar-refractivity contribution >= 4 is 34.7 Å². The Bertz CT molecular complexity index is 1340. The summed E-state index contributed by atoms with van der Waals surface area (Å²) < 4.78 is 16.7. The molecular formula is C32H39N3O6S. The molecule has 1 fully saturated rings. The summed E-state index contributed by atoms with van der Waals surface area (Å²) in [5.74, 6) is 0.0988. The number of carbonyl (C=O) groups excluding carboxylic acids is 3. The summed E-state index contributed by atoms with van der Waals surface area (Å²) in [6, 6.07) is 15.2. The van der Waals surface area contributed by atoms with Gasteiger partial charge >= 0.3 is 0 Å². The van der Waals surface area contributed by atoms with E-state index in [1.165, 1.54) is 30.5 Å². The third-order valence-corrected chi connectivity index (χ3v) is 8.39. The minimum Gasteiger partial charge on any atom is -0.493 e. The first-order valence-corrected chi connectivity index (χ1v) is 15.1. The second-order valence-electron chi connectivity index (χ2n) is 10.2. The Balaban J connectivity index is 1.73. The monoisotopic (exact) mass is 593 g/mol. The van der Waals surface area contributed by atoms with Crippen LogP contribution in [0.2, 0.25) is 0 Å². The number of rotatable bonds is 13. The largest absolute Gasteiger partial charge is 0.493 e. The first-order valence-electron chi connectivity index (χ1n) is 14.2. The van der Waals surface area contributed by atoms with Gasteiger partial charge in [-0.25, -0.2) is 0 Å². The number of carbonyl (C=O) groups is 3. The molecule has 0 bridgehead atoms. The summed E-state index contributed by atoms with van der Waals surface area (Å²) in [4.78, 5) is 42.7. The topological polar surface area (TPSA) is 106 Å². The van der Waals surface area contributed by atoms with Gasteiger partial charge in [-0.3, -0.25) is 19.3 Å². The molecule has 1 saturated heterocycles. The number of thiophene rings is 1. The number of nitrogens with one attached hydrogen (secondary N) is 2. The molecule has 4 rings (SSSR count). The summed E-state index contributed by atoms with van der Waals surface area (Å²) in [5, 5.41) is 7.52. The van der Waals surface area contributed by atoms with Crippen molar-refractivity contribution in [3.63, 3.8) is 0 Å². The van der Waals surface area contributed by atoms with E-state index in [2.05, 4.69) is 24.5 Å². The van der Waals surface area contributed by atoms with Gasteiger partial charge in [0.1, 0.15) is 6.04 Å². The molecule has 3 atom stereocenters. The second kappa shape index (κ2) is 14.8. The lowest BCUT2D eigenvalue weighted by molar-refractivity contribution is -0.126. The summed E-state index contributed by atoms with van der Waals surface area (Å²) in [6.45, 7) is 4.95. The van der Waals surface area contributed by atoms with Crippen LogP contribution in [0.25, 0.3) is 0 Å². The number of hydrogen-bond acceptors (Lipinski definition) is 7. The summed E-state index contributed by atoms with van der Waals surface area (Å²) in [5.41, 5.74) is 2.19. The highest BCUT2D eigenvalue weighted by molar-refractivity contribution is 7.12. The van der Waals surface area contributed by atoms with E-state index < -0.39 is 11.9 Å². The van der Waals surface area contributed by atoms with Crippen LogP contribution in [0.15, 0.2) is 60.0 Å². The second-order valence-corrected chi connectivity index (χ2v) is 11.2. The van der Waals surface area contributed by atoms with Gasteiger partial charge in [-0.2, -0.15) is 0 Å². The van der Waals surface area contributed by atoms with Gasteiger partial charge in [0.2, 0.25) is 11.8 Å². The van der Waals surface area contributed by atoms with Gasteiger partial charge in [0.25, 0.3) is 5.91 Å². The van der Waals surface area contributed by atoms with Crippen molar-refractivity contribution in [2.45, 2.75) is 51.2 Å². The maximum Gasteiger partial charge on any atom is 0.261 e. The molecule has 10 heteroatoms. The van der Waals surface area contributed by atoms with E-state index in [1.807, 2.05) is 24.3 Å². The Morgan fingerprint density at radius 2 is 1.76 bits per heavy atom. The van der Waals surface area contributed by atoms with Crippen molar-refractivity contribution in [1.82, 2.24) is 10.6 Å². The normalized spacial score (nSPS) is 15.9. The predicted octanol–water partition coefficient (Wildman–Crippen LogP) is 5.08. The Morgan fingerprint density at radius 1 is 1.02 bits per heavy atom. The van der Waals surface area contributed by atoms with Crippen LogP contribution in [0.4, 0.5) is 5.69 Å². The lowest BCUT2D eigenvalue weighted by atomic mass is 9.97. The van der Waals surface area contributed by atoms with Crippen molar-refractivity contribution < 1.29 is 28.6 Å². The van der Waals surface area contributed by atoms with Gasteiger partial charge in [0, 0.05) is 18.8 Å². The summed E-state index contributed by atoms with van der Waals surface area (Å²) >= 11 is 1.29. The highest BCUT2D eigenvalue weighted by atomic mass is 32.1. The minimum atomic E-state index is -1.06. The molecule has 9 nitrogen and oxygen atoms in total. The van der Waals surface area contributed by atoms with Crippen molar-refractivity contribution in [1.29, 1.82) is 0 Å². The number of hydrogen-bond donors (Lipinski definition) is 2. The highest BCUT2D eigenvalue weighted by Gasteiger charge is 2.34. The number of nitrogens with zero attached hydrogens (tertiary/aromatic N) is 1. The highest BCUT2D eigenvalue weighted by Crippen LogP contribution is 2.35. The van der Waals surface area contributed by atoms with Crippen LogP contribution in [-0.2, 0) is 14.3 Å². The van der Waals surface area contributed by atoms with Gasteiger partial charge in [-0.1, -0.05) is 38.1 Å². The fourth-order valence-electron chi connectivity index (χ4n) is 4.93. The van der Waals surface area contributed by atoms with E-state index in [0.717, 1.165) is 24.8 Å². The van der Waals surface area contributed by atoms with Gasteiger partial charge in [-0.05, 0) is 72.0 Å². The van der Waals surface area contributed by atoms with Crippen LogP contribution >= 0.6 is 11.3 Å². The molecule has 2 aromatic carbocycles. The number of amides is 3. The molecule has 42 heavy (non-hydrogen) atoms. The minimum absolute atomic E-state index is 0.0796. The lowest BCUT2D eigenvalue weighted by Crippen LogP contribution is -2.48. The van der Waals surface area contributed by atoms with Crippen molar-refractivity contribution in [2.75, 3.05) is 38.8 Å². The van der Waals surface area contributed by atoms with Gasteiger partial charge in [-0.15, -0.1) is 11.3 Å². The van der Waals surface area contributed by atoms with Crippen molar-refractivity contribution in [3.8, 4) is 11.5 Å². The number of methoxy groups -OCH3 is 2. The lowest BCUT2D eigenvalue weighted by Gasteiger charge is -2.32. The zero-order valence-electron chi connectivity index (χ0n) is 24.6. The molecule has 1 aliphatic heterocycles. The molecule has 3 aromatic rings. The molecule has 0 saturated carbocycles. The first kappa shape index (κ1) is 31.1. The van der Waals surface area contributed by atoms with Crippen LogP contribution in [0.3, 0.4) is 0 Å². The molecule has 0 radical (unpaired) electrons. The fourth-order valence-corrected chi connectivity index (χ4v) is 5.57. The van der Waals surface area contributed by atoms with E-state index in [-0.39, 0.29) is 24.5 Å². The van der Waals surface area contributed by atoms with Crippen molar-refractivity contribution in [2.24, 2.45) is 0 Å². The molecule has 2 N–H and O–H groups in total. The van der Waals surface area contributed by atoms with Gasteiger partial charge in [0.05, 0.1) is 31.7 Å². The van der Waals surface area contributed by atoms with Crippen LogP contribution in [0, 0.1) is 0 Å². The van der Waals surface area contributed by atoms with E-state index in [9.17, 15) is 14.4 Å². The number of ether oxygens (including phenoxy) is 3. The molecular weight excluding hydrogens is 554 g/mol. The molecule has 3 amide bonds. The maximum absolute atomic E-state index is 14.0. The van der Waals surface area contributed by atoms with E-state index in [0.29, 0.717) is 46.7 Å². The van der Waals surface area contributed by atoms with Crippen LogP contribution in [0.1, 0.15) is 65.9 Å². The molecule has 0 unspecified atom stereocenters. The third kappa shape index (κ3) is 7.49. The number of benzene rings is 2. The van der Waals surface area contributed by atoms with Crippen molar-refractivity contribution in [3.05, 3.63) is 76.0 Å². The SMILES string of the molecule is CC[C@@H](C)c1ccc(N(C(=O)CNC(=O)c2cccs2)[C@@H](C(=O)NC[C@@H]2CCCO2)c2ccc(OC)c(OC)c2)cc1. The Hall–Kier alpha value is -3.89. The first-order chi connectivity index (χ1) is 20.4. The quantitative estimate of drug-likeness (QED) is 0.286. The molecule has 2 heterocycles. The smallest absolute Gasteiger partial charge is 0.261 e. The van der Waals surface area contributed by atoms with Crippen LogP contribution in [0.5, 0.6) is 11.5 Å². The predicted molar refractivity (Wildman–Crippen MR) is 164 cm³/mol. The zero-order chi connectivity index (χ0) is 30.1. The average Bonchev–Trinajstić information content (AvgIpc) is 3.76. The summed E-state index contributed by atoms with van der Waals surface area (Å²) in [6.07, 6.45) is 2.69. The Labute approximate surface area is 251 Å². The molecule has 224 valence electrons. The van der Waals surface area contributed by atoms with E-state index in [1.54, 1.807) is 35.7 Å². The Morgan fingerprint density at radius 3 is 2.38 bits per heavy atom. The maximum atomic E-state index is 14.0. The standard InChI is InChI=1S/C32H39N3O6S/c1-5-21(2)22-10-13-24(14-11-22)35(29(36)20-34-31(37)28-9-7-17-42-28)30(32(38)33-19-25-8-6-16-41-25)23-12-15-26(39-3)27(18-23)40-4/h7,9-15,17-18,21,25,30H,5-6,8,16,19-20H2,1-4H3,(H,33,38)(H,34,37)/t21-,25+,30-/m1/s1. The molecule has 0 spiro atoms.